The van der Waals surface area contributed by atoms with E-state index >= 15 is 0 Å². The van der Waals surface area contributed by atoms with Crippen LogP contribution in [0, 0.1) is 5.92 Å². The highest BCUT2D eigenvalue weighted by Crippen LogP contribution is 2.27. The van der Waals surface area contributed by atoms with Gasteiger partial charge in [-0.3, -0.25) is 4.79 Å². The summed E-state index contributed by atoms with van der Waals surface area (Å²) in [6.07, 6.45) is 0. The molecule has 1 fully saturated rings. The van der Waals surface area contributed by atoms with Crippen LogP contribution in [0.2, 0.25) is 0 Å². The summed E-state index contributed by atoms with van der Waals surface area (Å²) in [4.78, 5) is 10.3. The molecular weight excluding hydrogens is 142 g/mol. The smallest absolute Gasteiger partial charge is 0.330 e. The van der Waals surface area contributed by atoms with Gasteiger partial charge in [0, 0.05) is 13.1 Å². The van der Waals surface area contributed by atoms with Gasteiger partial charge in [-0.05, 0) is 0 Å². The number of alkyl halides is 2. The first-order valence-corrected chi connectivity index (χ1v) is 2.95. The highest BCUT2D eigenvalue weighted by atomic mass is 19.3. The summed E-state index contributed by atoms with van der Waals surface area (Å²) >= 11 is 0. The summed E-state index contributed by atoms with van der Waals surface area (Å²) in [7, 11) is 0. The van der Waals surface area contributed by atoms with Crippen LogP contribution >= 0.6 is 0 Å². The third kappa shape index (κ3) is 0.862. The highest BCUT2D eigenvalue weighted by Gasteiger charge is 2.51. The van der Waals surface area contributed by atoms with Gasteiger partial charge in [0.25, 0.3) is 5.91 Å². The van der Waals surface area contributed by atoms with Crippen LogP contribution in [0.25, 0.3) is 0 Å². The molecule has 58 valence electrons. The number of carbonyl (C=O) groups is 1. The fourth-order valence-electron chi connectivity index (χ4n) is 0.879. The van der Waals surface area contributed by atoms with Crippen LogP contribution in [0.1, 0.15) is 0 Å². The monoisotopic (exact) mass is 150 g/mol. The van der Waals surface area contributed by atoms with Crippen LogP contribution < -0.4 is 11.1 Å². The molecule has 1 rings (SSSR count). The van der Waals surface area contributed by atoms with Crippen LogP contribution in [0.15, 0.2) is 0 Å². The Bertz CT molecular complexity index is 160. The molecule has 0 spiro atoms. The lowest BCUT2D eigenvalue weighted by molar-refractivity contribution is -0.143. The molecule has 0 aromatic rings. The van der Waals surface area contributed by atoms with E-state index in [1.807, 2.05) is 5.32 Å². The Kier molecular flexibility index (Phi) is 1.60. The van der Waals surface area contributed by atoms with Gasteiger partial charge in [-0.25, -0.2) is 0 Å². The normalized spacial score (nSPS) is 30.3. The number of hydrogen-bond donors (Lipinski definition) is 2. The predicted octanol–water partition coefficient (Wildman–Crippen LogP) is -0.674. The topological polar surface area (TPSA) is 55.1 Å². The minimum Gasteiger partial charge on any atom is -0.350 e. The Labute approximate surface area is 56.6 Å². The van der Waals surface area contributed by atoms with E-state index in [1.54, 1.807) is 0 Å². The number of halogens is 2. The number of nitrogens with two attached hydrogens (primary N) is 1. The van der Waals surface area contributed by atoms with Crippen molar-refractivity contribution in [2.45, 2.75) is 5.92 Å². The molecule has 0 bridgehead atoms. The Morgan fingerprint density at radius 2 is 2.40 bits per heavy atom. The van der Waals surface area contributed by atoms with Crippen LogP contribution in [-0.4, -0.2) is 24.9 Å². The van der Waals surface area contributed by atoms with Crippen molar-refractivity contribution in [3.63, 3.8) is 0 Å². The second kappa shape index (κ2) is 2.16. The fraction of sp³-hybridized carbons (Fsp3) is 0.800. The fourth-order valence-corrected chi connectivity index (χ4v) is 0.879. The van der Waals surface area contributed by atoms with E-state index in [0.29, 0.717) is 0 Å². The van der Waals surface area contributed by atoms with E-state index in [-0.39, 0.29) is 13.1 Å². The zero-order chi connectivity index (χ0) is 7.78. The highest BCUT2D eigenvalue weighted by molar-refractivity contribution is 5.86. The first-order chi connectivity index (χ1) is 4.59. The van der Waals surface area contributed by atoms with E-state index in [4.69, 9.17) is 5.73 Å². The molecule has 10 heavy (non-hydrogen) atoms. The van der Waals surface area contributed by atoms with E-state index in [0.717, 1.165) is 0 Å². The summed E-state index contributed by atoms with van der Waals surface area (Å²) in [5.41, 5.74) is 5.00. The maximum absolute atomic E-state index is 12.5. The average Bonchev–Trinajstić information content (AvgIpc) is 2.10. The lowest BCUT2D eigenvalue weighted by Crippen LogP contribution is -2.36. The van der Waals surface area contributed by atoms with Crippen molar-refractivity contribution in [2.24, 2.45) is 11.7 Å². The summed E-state index contributed by atoms with van der Waals surface area (Å²) in [6, 6.07) is 0. The zero-order valence-corrected chi connectivity index (χ0v) is 5.23. The molecule has 5 heteroatoms. The Balaban J connectivity index is 2.73. The third-order valence-corrected chi connectivity index (χ3v) is 1.61. The van der Waals surface area contributed by atoms with Gasteiger partial charge in [0.05, 0.1) is 5.92 Å². The molecule has 0 aromatic carbocycles. The van der Waals surface area contributed by atoms with Gasteiger partial charge >= 0.3 is 5.92 Å². The van der Waals surface area contributed by atoms with Crippen molar-refractivity contribution in [3.05, 3.63) is 0 Å². The molecule has 0 aliphatic carbocycles. The molecule has 1 unspecified atom stereocenters. The molecular formula is C5H8F2N2O. The molecule has 3 nitrogen and oxygen atoms in total. The molecule has 1 atom stereocenters. The third-order valence-electron chi connectivity index (χ3n) is 1.61. The first kappa shape index (κ1) is 7.40. The number of carbonyl (C=O) groups excluding carboxylic acids is 1. The Morgan fingerprint density at radius 1 is 1.80 bits per heavy atom. The second-order valence-electron chi connectivity index (χ2n) is 2.27. The molecule has 1 amide bonds. The lowest BCUT2D eigenvalue weighted by Gasteiger charge is -2.11. The van der Waals surface area contributed by atoms with Gasteiger partial charge in [0.15, 0.2) is 0 Å². The van der Waals surface area contributed by atoms with Crippen molar-refractivity contribution in [3.8, 4) is 0 Å². The van der Waals surface area contributed by atoms with Gasteiger partial charge in [0.2, 0.25) is 0 Å². The van der Waals surface area contributed by atoms with E-state index in [9.17, 15) is 13.6 Å². The van der Waals surface area contributed by atoms with Crippen LogP contribution in [0.3, 0.4) is 0 Å². The van der Waals surface area contributed by atoms with E-state index < -0.39 is 17.7 Å². The zero-order valence-electron chi connectivity index (χ0n) is 5.23. The summed E-state index contributed by atoms with van der Waals surface area (Å²) in [5.74, 6) is -5.49. The van der Waals surface area contributed by atoms with E-state index in [1.165, 1.54) is 0 Å². The Morgan fingerprint density at radius 3 is 2.60 bits per heavy atom. The molecule has 0 saturated carbocycles. The SMILES string of the molecule is NCC1CNC(=O)C1(F)F. The van der Waals surface area contributed by atoms with Gasteiger partial charge in [-0.2, -0.15) is 8.78 Å². The molecule has 1 aliphatic rings. The largest absolute Gasteiger partial charge is 0.350 e. The summed E-state index contributed by atoms with van der Waals surface area (Å²) in [6.45, 7) is -0.173. The maximum atomic E-state index is 12.5. The van der Waals surface area contributed by atoms with Crippen molar-refractivity contribution in [2.75, 3.05) is 13.1 Å². The van der Waals surface area contributed by atoms with Crippen molar-refractivity contribution < 1.29 is 13.6 Å². The summed E-state index contributed by atoms with van der Waals surface area (Å²) < 4.78 is 25.0. The van der Waals surface area contributed by atoms with Crippen LogP contribution in [0.5, 0.6) is 0 Å². The minimum absolute atomic E-state index is 0.0116. The minimum atomic E-state index is -3.26. The molecule has 1 saturated heterocycles. The molecule has 0 aromatic heterocycles. The van der Waals surface area contributed by atoms with Gasteiger partial charge < -0.3 is 11.1 Å². The van der Waals surface area contributed by atoms with Crippen LogP contribution in [0.4, 0.5) is 8.78 Å². The molecule has 1 aliphatic heterocycles. The maximum Gasteiger partial charge on any atom is 0.330 e. The van der Waals surface area contributed by atoms with Crippen LogP contribution in [-0.2, 0) is 4.79 Å². The van der Waals surface area contributed by atoms with Gasteiger partial charge in [-0.15, -0.1) is 0 Å². The number of amides is 1. The van der Waals surface area contributed by atoms with Gasteiger partial charge in [-0.1, -0.05) is 0 Å². The Hall–Kier alpha value is -0.710. The van der Waals surface area contributed by atoms with Crippen molar-refractivity contribution in [1.29, 1.82) is 0 Å². The van der Waals surface area contributed by atoms with E-state index in [2.05, 4.69) is 0 Å². The lowest BCUT2D eigenvalue weighted by atomic mass is 10.1. The average molecular weight is 150 g/mol. The predicted molar refractivity (Wildman–Crippen MR) is 30.5 cm³/mol. The second-order valence-corrected chi connectivity index (χ2v) is 2.27. The number of nitrogens with one attached hydrogen (secondary N) is 1. The van der Waals surface area contributed by atoms with Crippen molar-refractivity contribution in [1.82, 2.24) is 5.32 Å². The molecule has 1 heterocycles. The molecule has 0 radical (unpaired) electrons. The van der Waals surface area contributed by atoms with Gasteiger partial charge in [0.1, 0.15) is 0 Å². The number of rotatable bonds is 1. The standard InChI is InChI=1S/C5H8F2N2O/c6-5(7)3(1-8)2-9-4(5)10/h3H,1-2,8H2,(H,9,10). The van der Waals surface area contributed by atoms with Crippen molar-refractivity contribution >= 4 is 5.91 Å². The number of hydrogen-bond acceptors (Lipinski definition) is 2. The quantitative estimate of drug-likeness (QED) is 0.520. The molecule has 3 N–H and O–H groups in total. The first-order valence-electron chi connectivity index (χ1n) is 2.95. The summed E-state index contributed by atoms with van der Waals surface area (Å²) in [5, 5.41) is 2.04.